The molecular formula is C29H19ClN2O2S. The molecule has 0 aliphatic carbocycles. The van der Waals surface area contributed by atoms with Crippen molar-refractivity contribution in [1.29, 1.82) is 0 Å². The zero-order valence-electron chi connectivity index (χ0n) is 18.5. The van der Waals surface area contributed by atoms with Crippen LogP contribution in [0.1, 0.15) is 11.1 Å². The van der Waals surface area contributed by atoms with E-state index in [1.54, 1.807) is 24.3 Å². The van der Waals surface area contributed by atoms with Gasteiger partial charge in [0.15, 0.2) is 0 Å². The Bertz CT molecular complexity index is 1670. The normalized spacial score (nSPS) is 15.1. The number of imide groups is 1. The van der Waals surface area contributed by atoms with Gasteiger partial charge in [-0.05, 0) is 64.5 Å². The first-order valence-corrected chi connectivity index (χ1v) is 12.4. The fourth-order valence-corrected chi connectivity index (χ4v) is 5.52. The lowest BCUT2D eigenvalue weighted by Crippen LogP contribution is -2.27. The summed E-state index contributed by atoms with van der Waals surface area (Å²) in [5, 5.41) is 3.59. The van der Waals surface area contributed by atoms with Gasteiger partial charge in [0.05, 0.1) is 10.6 Å². The van der Waals surface area contributed by atoms with Crippen molar-refractivity contribution < 1.29 is 9.59 Å². The molecule has 1 aromatic heterocycles. The van der Waals surface area contributed by atoms with Gasteiger partial charge < -0.3 is 4.57 Å². The van der Waals surface area contributed by atoms with E-state index in [2.05, 4.69) is 41.0 Å². The second-order valence-electron chi connectivity index (χ2n) is 8.41. The summed E-state index contributed by atoms with van der Waals surface area (Å²) in [6, 6.07) is 29.7. The zero-order chi connectivity index (χ0) is 23.9. The van der Waals surface area contributed by atoms with Crippen LogP contribution in [0.3, 0.4) is 0 Å². The molecule has 6 heteroatoms. The second-order valence-corrected chi connectivity index (χ2v) is 9.84. The van der Waals surface area contributed by atoms with Crippen LogP contribution in [0.25, 0.3) is 27.8 Å². The number of hydrogen-bond donors (Lipinski definition) is 0. The molecule has 0 bridgehead atoms. The molecule has 1 fully saturated rings. The number of thioether (sulfide) groups is 1. The van der Waals surface area contributed by atoms with Gasteiger partial charge in [-0.1, -0.05) is 72.3 Å². The van der Waals surface area contributed by atoms with Crippen LogP contribution in [-0.2, 0) is 11.3 Å². The number of hydrogen-bond acceptors (Lipinski definition) is 3. The molecule has 5 aromatic rings. The molecule has 0 atom stereocenters. The van der Waals surface area contributed by atoms with Crippen molar-refractivity contribution in [3.63, 3.8) is 0 Å². The van der Waals surface area contributed by atoms with Crippen LogP contribution in [0, 0.1) is 0 Å². The molecule has 6 rings (SSSR count). The SMILES string of the molecule is O=C1S/C(=C/c2cn(Cc3ccc4ccccc4c3)c3ccccc23)C(=O)N1c1cccc(Cl)c1. The molecule has 0 radical (unpaired) electrons. The first kappa shape index (κ1) is 21.7. The molecule has 1 saturated heterocycles. The highest BCUT2D eigenvalue weighted by Gasteiger charge is 2.36. The fourth-order valence-electron chi connectivity index (χ4n) is 4.50. The lowest BCUT2D eigenvalue weighted by Gasteiger charge is -2.12. The van der Waals surface area contributed by atoms with Crippen LogP contribution in [0.2, 0.25) is 5.02 Å². The molecule has 170 valence electrons. The fraction of sp³-hybridized carbons (Fsp3) is 0.0345. The number of nitrogens with zero attached hydrogens (tertiary/aromatic N) is 2. The van der Waals surface area contributed by atoms with Gasteiger partial charge in [0, 0.05) is 34.2 Å². The summed E-state index contributed by atoms with van der Waals surface area (Å²) in [6.45, 7) is 0.698. The average Bonchev–Trinajstić information content (AvgIpc) is 3.35. The number of para-hydroxylation sites is 1. The van der Waals surface area contributed by atoms with Gasteiger partial charge in [-0.15, -0.1) is 0 Å². The van der Waals surface area contributed by atoms with E-state index in [4.69, 9.17) is 11.6 Å². The molecule has 2 heterocycles. The highest BCUT2D eigenvalue weighted by atomic mass is 35.5. The highest BCUT2D eigenvalue weighted by Crippen LogP contribution is 2.37. The molecule has 4 nitrogen and oxygen atoms in total. The van der Waals surface area contributed by atoms with E-state index in [-0.39, 0.29) is 11.1 Å². The number of carbonyl (C=O) groups is 2. The Hall–Kier alpha value is -3.80. The second kappa shape index (κ2) is 8.77. The minimum absolute atomic E-state index is 0.330. The van der Waals surface area contributed by atoms with Crippen molar-refractivity contribution in [2.45, 2.75) is 6.54 Å². The van der Waals surface area contributed by atoms with Gasteiger partial charge in [-0.2, -0.15) is 0 Å². The maximum absolute atomic E-state index is 13.2. The number of amides is 2. The maximum atomic E-state index is 13.2. The van der Waals surface area contributed by atoms with Gasteiger partial charge in [0.1, 0.15) is 0 Å². The van der Waals surface area contributed by atoms with Crippen LogP contribution in [0.5, 0.6) is 0 Å². The maximum Gasteiger partial charge on any atom is 0.298 e. The van der Waals surface area contributed by atoms with E-state index in [0.717, 1.165) is 28.2 Å². The third-order valence-electron chi connectivity index (χ3n) is 6.13. The van der Waals surface area contributed by atoms with Crippen molar-refractivity contribution in [2.75, 3.05) is 4.90 Å². The minimum atomic E-state index is -0.339. The Labute approximate surface area is 211 Å². The predicted octanol–water partition coefficient (Wildman–Crippen LogP) is 7.74. The van der Waals surface area contributed by atoms with Gasteiger partial charge >= 0.3 is 0 Å². The van der Waals surface area contributed by atoms with Crippen LogP contribution in [0.15, 0.2) is 102 Å². The van der Waals surface area contributed by atoms with Gasteiger partial charge in [-0.25, -0.2) is 4.90 Å². The van der Waals surface area contributed by atoms with Crippen molar-refractivity contribution in [2.24, 2.45) is 0 Å². The summed E-state index contributed by atoms with van der Waals surface area (Å²) >= 11 is 7.02. The largest absolute Gasteiger partial charge is 0.342 e. The number of carbonyl (C=O) groups excluding carboxylic acids is 2. The monoisotopic (exact) mass is 494 g/mol. The van der Waals surface area contributed by atoms with E-state index in [1.807, 2.05) is 42.6 Å². The van der Waals surface area contributed by atoms with Gasteiger partial charge in [0.25, 0.3) is 11.1 Å². The highest BCUT2D eigenvalue weighted by molar-refractivity contribution is 8.19. The van der Waals surface area contributed by atoms with Crippen LogP contribution in [0.4, 0.5) is 10.5 Å². The number of aromatic nitrogens is 1. The number of benzene rings is 4. The Balaban J connectivity index is 1.37. The molecule has 0 N–H and O–H groups in total. The standard InChI is InChI=1S/C29H19ClN2O2S/c30-23-8-5-9-24(16-23)32-28(33)27(35-29(32)34)15-22-18-31(26-11-4-3-10-25(22)26)17-19-12-13-20-6-1-2-7-21(20)14-19/h1-16,18H,17H2/b27-15+. The molecule has 0 unspecified atom stereocenters. The predicted molar refractivity (Wildman–Crippen MR) is 145 cm³/mol. The number of halogens is 1. The smallest absolute Gasteiger partial charge is 0.298 e. The molecule has 1 aliphatic rings. The van der Waals surface area contributed by atoms with E-state index in [0.29, 0.717) is 22.2 Å². The Morgan fingerprint density at radius 1 is 0.829 bits per heavy atom. The summed E-state index contributed by atoms with van der Waals surface area (Å²) < 4.78 is 2.19. The summed E-state index contributed by atoms with van der Waals surface area (Å²) in [7, 11) is 0. The first-order valence-electron chi connectivity index (χ1n) is 11.2. The summed E-state index contributed by atoms with van der Waals surface area (Å²) in [5.41, 5.74) is 3.64. The Kier molecular flexibility index (Phi) is 5.44. The number of rotatable bonds is 4. The van der Waals surface area contributed by atoms with Crippen LogP contribution < -0.4 is 4.90 Å². The third kappa shape index (κ3) is 4.03. The zero-order valence-corrected chi connectivity index (χ0v) is 20.1. The molecule has 0 saturated carbocycles. The molecule has 2 amide bonds. The molecule has 1 aliphatic heterocycles. The Morgan fingerprint density at radius 3 is 2.49 bits per heavy atom. The average molecular weight is 495 g/mol. The van der Waals surface area contributed by atoms with Crippen LogP contribution >= 0.6 is 23.4 Å². The number of fused-ring (bicyclic) bond motifs is 2. The molecule has 35 heavy (non-hydrogen) atoms. The first-order chi connectivity index (χ1) is 17.1. The topological polar surface area (TPSA) is 42.3 Å². The number of anilines is 1. The van der Waals surface area contributed by atoms with Crippen molar-refractivity contribution in [3.05, 3.63) is 118 Å². The molecule has 4 aromatic carbocycles. The van der Waals surface area contributed by atoms with E-state index in [1.165, 1.54) is 21.2 Å². The van der Waals surface area contributed by atoms with Crippen molar-refractivity contribution in [3.8, 4) is 0 Å². The Morgan fingerprint density at radius 2 is 1.63 bits per heavy atom. The van der Waals surface area contributed by atoms with Gasteiger partial charge in [0.2, 0.25) is 0 Å². The summed E-state index contributed by atoms with van der Waals surface area (Å²) in [5.74, 6) is -0.339. The van der Waals surface area contributed by atoms with E-state index >= 15 is 0 Å². The molecule has 0 spiro atoms. The minimum Gasteiger partial charge on any atom is -0.342 e. The van der Waals surface area contributed by atoms with Crippen molar-refractivity contribution >= 4 is 67.9 Å². The summed E-state index contributed by atoms with van der Waals surface area (Å²) in [4.78, 5) is 27.4. The van der Waals surface area contributed by atoms with E-state index in [9.17, 15) is 9.59 Å². The van der Waals surface area contributed by atoms with Crippen LogP contribution in [-0.4, -0.2) is 15.7 Å². The lowest BCUT2D eigenvalue weighted by atomic mass is 10.1. The molecular weight excluding hydrogens is 476 g/mol. The quantitative estimate of drug-likeness (QED) is 0.240. The third-order valence-corrected chi connectivity index (χ3v) is 7.24. The lowest BCUT2D eigenvalue weighted by molar-refractivity contribution is -0.113. The van der Waals surface area contributed by atoms with Gasteiger partial charge in [-0.3, -0.25) is 9.59 Å². The summed E-state index contributed by atoms with van der Waals surface area (Å²) in [6.07, 6.45) is 3.86. The van der Waals surface area contributed by atoms with E-state index < -0.39 is 0 Å². The van der Waals surface area contributed by atoms with Crippen molar-refractivity contribution in [1.82, 2.24) is 4.57 Å².